The predicted molar refractivity (Wildman–Crippen MR) is 36.7 cm³/mol. The van der Waals surface area contributed by atoms with Gasteiger partial charge >= 0.3 is 0 Å². The van der Waals surface area contributed by atoms with Crippen LogP contribution in [0, 0.1) is 11.8 Å². The van der Waals surface area contributed by atoms with E-state index in [1.165, 1.54) is 6.42 Å². The van der Waals surface area contributed by atoms with Crippen LogP contribution in [0.4, 0.5) is 0 Å². The van der Waals surface area contributed by atoms with Gasteiger partial charge in [0.15, 0.2) is 0 Å². The van der Waals surface area contributed by atoms with Crippen LogP contribution in [-0.4, -0.2) is 12.1 Å². The first kappa shape index (κ1) is 5.45. The van der Waals surface area contributed by atoms with Crippen molar-refractivity contribution in [1.82, 2.24) is 0 Å². The van der Waals surface area contributed by atoms with Crippen molar-refractivity contribution in [3.8, 4) is 0 Å². The van der Waals surface area contributed by atoms with Crippen LogP contribution in [-0.2, 0) is 0 Å². The number of rotatable bonds is 0. The van der Waals surface area contributed by atoms with E-state index in [-0.39, 0.29) is 12.1 Å². The smallest absolute Gasteiger partial charge is 0.0262 e. The molecule has 0 aromatic heterocycles. The van der Waals surface area contributed by atoms with Gasteiger partial charge in [0.05, 0.1) is 0 Å². The van der Waals surface area contributed by atoms with Crippen molar-refractivity contribution >= 4 is 0 Å². The van der Waals surface area contributed by atoms with Crippen LogP contribution in [0.3, 0.4) is 0 Å². The summed E-state index contributed by atoms with van der Waals surface area (Å²) >= 11 is 0. The maximum Gasteiger partial charge on any atom is 0.0262 e. The van der Waals surface area contributed by atoms with Gasteiger partial charge in [0.25, 0.3) is 0 Å². The summed E-state index contributed by atoms with van der Waals surface area (Å²) in [4.78, 5) is 0. The maximum absolute atomic E-state index is 5.79. The highest BCUT2D eigenvalue weighted by Crippen LogP contribution is 2.36. The van der Waals surface area contributed by atoms with Crippen LogP contribution < -0.4 is 11.5 Å². The fraction of sp³-hybridized carbons (Fsp3) is 0.714. The molecule has 2 heteroatoms. The average molecular weight is 124 g/mol. The summed E-state index contributed by atoms with van der Waals surface area (Å²) in [5.41, 5.74) is 11.6. The molecule has 4 N–H and O–H groups in total. The molecule has 0 saturated heterocycles. The van der Waals surface area contributed by atoms with E-state index in [2.05, 4.69) is 12.2 Å². The molecule has 0 radical (unpaired) electrons. The molecule has 2 aliphatic carbocycles. The van der Waals surface area contributed by atoms with Gasteiger partial charge in [-0.2, -0.15) is 0 Å². The first-order valence-corrected chi connectivity index (χ1v) is 3.48. The summed E-state index contributed by atoms with van der Waals surface area (Å²) in [6.07, 6.45) is 5.61. The van der Waals surface area contributed by atoms with Crippen molar-refractivity contribution in [2.24, 2.45) is 23.3 Å². The van der Waals surface area contributed by atoms with Crippen LogP contribution >= 0.6 is 0 Å². The first-order valence-electron chi connectivity index (χ1n) is 3.48. The summed E-state index contributed by atoms with van der Waals surface area (Å²) in [7, 11) is 0. The van der Waals surface area contributed by atoms with E-state index in [1.807, 2.05) is 0 Å². The predicted octanol–water partition coefficient (Wildman–Crippen LogP) is -0.153. The average Bonchev–Trinajstić information content (AvgIpc) is 2.37. The Labute approximate surface area is 54.9 Å². The molecule has 0 heterocycles. The summed E-state index contributed by atoms with van der Waals surface area (Å²) < 4.78 is 0. The Morgan fingerprint density at radius 3 is 1.67 bits per heavy atom. The second kappa shape index (κ2) is 1.58. The van der Waals surface area contributed by atoms with Gasteiger partial charge in [-0.05, 0) is 18.3 Å². The second-order valence-electron chi connectivity index (χ2n) is 3.10. The minimum atomic E-state index is 0.236. The molecule has 0 aliphatic heterocycles. The van der Waals surface area contributed by atoms with Gasteiger partial charge in [-0.3, -0.25) is 0 Å². The van der Waals surface area contributed by atoms with Crippen LogP contribution in [0.15, 0.2) is 12.2 Å². The molecular weight excluding hydrogens is 112 g/mol. The molecule has 1 saturated carbocycles. The molecule has 0 aromatic carbocycles. The maximum atomic E-state index is 5.79. The van der Waals surface area contributed by atoms with Crippen molar-refractivity contribution in [1.29, 1.82) is 0 Å². The normalized spacial score (nSPS) is 54.9. The molecule has 50 valence electrons. The van der Waals surface area contributed by atoms with E-state index >= 15 is 0 Å². The molecule has 2 aliphatic rings. The highest BCUT2D eigenvalue weighted by molar-refractivity contribution is 5.17. The summed E-state index contributed by atoms with van der Waals surface area (Å²) in [6, 6.07) is 0.472. The molecular formula is C7H12N2. The first-order chi connectivity index (χ1) is 4.29. The monoisotopic (exact) mass is 124 g/mol. The molecule has 9 heavy (non-hydrogen) atoms. The van der Waals surface area contributed by atoms with Gasteiger partial charge in [0.2, 0.25) is 0 Å². The van der Waals surface area contributed by atoms with Gasteiger partial charge < -0.3 is 11.5 Å². The molecule has 2 nitrogen and oxygen atoms in total. The van der Waals surface area contributed by atoms with E-state index in [0.29, 0.717) is 11.8 Å². The molecule has 1 fully saturated rings. The van der Waals surface area contributed by atoms with E-state index in [1.54, 1.807) is 0 Å². The molecule has 0 spiro atoms. The zero-order valence-corrected chi connectivity index (χ0v) is 5.33. The van der Waals surface area contributed by atoms with Gasteiger partial charge in [0.1, 0.15) is 0 Å². The topological polar surface area (TPSA) is 52.0 Å². The molecule has 2 bridgehead atoms. The Morgan fingerprint density at radius 1 is 1.00 bits per heavy atom. The zero-order chi connectivity index (χ0) is 6.43. The Hall–Kier alpha value is -0.340. The number of hydrogen-bond donors (Lipinski definition) is 2. The van der Waals surface area contributed by atoms with E-state index < -0.39 is 0 Å². The van der Waals surface area contributed by atoms with Gasteiger partial charge in [-0.1, -0.05) is 12.2 Å². The highest BCUT2D eigenvalue weighted by atomic mass is 14.8. The van der Waals surface area contributed by atoms with Crippen molar-refractivity contribution in [3.63, 3.8) is 0 Å². The van der Waals surface area contributed by atoms with Crippen molar-refractivity contribution in [2.75, 3.05) is 0 Å². The largest absolute Gasteiger partial charge is 0.326 e. The Bertz CT molecular complexity index is 137. The fourth-order valence-electron chi connectivity index (χ4n) is 1.90. The zero-order valence-electron chi connectivity index (χ0n) is 5.33. The Morgan fingerprint density at radius 2 is 1.44 bits per heavy atom. The molecule has 0 amide bonds. The van der Waals surface area contributed by atoms with E-state index in [0.717, 1.165) is 0 Å². The lowest BCUT2D eigenvalue weighted by Gasteiger charge is -2.19. The third-order valence-electron chi connectivity index (χ3n) is 2.58. The van der Waals surface area contributed by atoms with Crippen molar-refractivity contribution in [3.05, 3.63) is 12.2 Å². The summed E-state index contributed by atoms with van der Waals surface area (Å²) in [5.74, 6) is 1.18. The summed E-state index contributed by atoms with van der Waals surface area (Å²) in [6.45, 7) is 0. The fourth-order valence-corrected chi connectivity index (χ4v) is 1.90. The van der Waals surface area contributed by atoms with Crippen LogP contribution in [0.5, 0.6) is 0 Å². The highest BCUT2D eigenvalue weighted by Gasteiger charge is 2.39. The van der Waals surface area contributed by atoms with Crippen molar-refractivity contribution < 1.29 is 0 Å². The summed E-state index contributed by atoms with van der Waals surface area (Å²) in [5, 5.41) is 0. The molecule has 0 unspecified atom stereocenters. The minimum absolute atomic E-state index is 0.236. The van der Waals surface area contributed by atoms with Crippen LogP contribution in [0.1, 0.15) is 6.42 Å². The number of fused-ring (bicyclic) bond motifs is 2. The minimum Gasteiger partial charge on any atom is -0.326 e. The third kappa shape index (κ3) is 0.575. The Kier molecular flexibility index (Phi) is 0.957. The van der Waals surface area contributed by atoms with Gasteiger partial charge in [-0.25, -0.2) is 0 Å². The van der Waals surface area contributed by atoms with E-state index in [4.69, 9.17) is 11.5 Å². The van der Waals surface area contributed by atoms with Crippen LogP contribution in [0.2, 0.25) is 0 Å². The van der Waals surface area contributed by atoms with Crippen molar-refractivity contribution in [2.45, 2.75) is 18.5 Å². The molecule has 2 rings (SSSR count). The number of nitrogens with two attached hydrogens (primary N) is 2. The quantitative estimate of drug-likeness (QED) is 0.441. The lowest BCUT2D eigenvalue weighted by molar-refractivity contribution is 0.499. The van der Waals surface area contributed by atoms with Gasteiger partial charge in [0, 0.05) is 12.1 Å². The third-order valence-corrected chi connectivity index (χ3v) is 2.58. The standard InChI is InChI=1S/C7H12N2/c8-6-4-1-2-5(3-4)7(6)9/h1-2,4-7H,3,8-9H2/t4-,5+,6-,7+. The van der Waals surface area contributed by atoms with E-state index in [9.17, 15) is 0 Å². The second-order valence-corrected chi connectivity index (χ2v) is 3.10. The SMILES string of the molecule is N[C@@H]1[C@H](N)[C@@H]2C=C[C@H]1C2. The Balaban J connectivity index is 2.26. The molecule has 4 atom stereocenters. The lowest BCUT2D eigenvalue weighted by atomic mass is 9.98. The van der Waals surface area contributed by atoms with Gasteiger partial charge in [-0.15, -0.1) is 0 Å². The lowest BCUT2D eigenvalue weighted by Crippen LogP contribution is -2.43. The number of hydrogen-bond acceptors (Lipinski definition) is 2. The van der Waals surface area contributed by atoms with Crippen LogP contribution in [0.25, 0.3) is 0 Å². The molecule has 0 aromatic rings.